The molecular weight excluding hydrogens is 166 g/mol. The van der Waals surface area contributed by atoms with Gasteiger partial charge in [0.25, 0.3) is 0 Å². The van der Waals surface area contributed by atoms with E-state index in [9.17, 15) is 4.79 Å². The van der Waals surface area contributed by atoms with Gasteiger partial charge in [0.1, 0.15) is 0 Å². The molecule has 0 aromatic heterocycles. The lowest BCUT2D eigenvalue weighted by molar-refractivity contribution is 0.189. The van der Waals surface area contributed by atoms with Gasteiger partial charge in [-0.05, 0) is 12.8 Å². The zero-order valence-electron chi connectivity index (χ0n) is 6.32. The molecule has 4 N–H and O–H groups in total. The zero-order chi connectivity index (χ0) is 7.56. The van der Waals surface area contributed by atoms with Gasteiger partial charge < -0.3 is 16.4 Å². The van der Waals surface area contributed by atoms with Gasteiger partial charge in [-0.25, -0.2) is 4.79 Å². The van der Waals surface area contributed by atoms with Crippen LogP contribution in [0.1, 0.15) is 12.8 Å². The molecule has 0 aromatic carbocycles. The summed E-state index contributed by atoms with van der Waals surface area (Å²) in [6, 6.07) is -0.226. The maximum Gasteiger partial charge on any atom is 0.314 e. The highest BCUT2D eigenvalue weighted by Gasteiger charge is 2.18. The Balaban J connectivity index is 0.000001000. The molecule has 1 saturated heterocycles. The number of amides is 2. The van der Waals surface area contributed by atoms with Crippen LogP contribution in [0.4, 0.5) is 4.79 Å². The van der Waals surface area contributed by atoms with Crippen LogP contribution in [-0.2, 0) is 0 Å². The van der Waals surface area contributed by atoms with E-state index in [4.69, 9.17) is 11.5 Å². The summed E-state index contributed by atoms with van der Waals surface area (Å²) in [4.78, 5) is 12.2. The molecule has 1 aliphatic heterocycles. The van der Waals surface area contributed by atoms with Crippen LogP contribution >= 0.6 is 12.4 Å². The first-order valence-electron chi connectivity index (χ1n) is 3.50. The number of carbonyl (C=O) groups is 1. The molecule has 66 valence electrons. The monoisotopic (exact) mass is 179 g/mol. The first kappa shape index (κ1) is 10.5. The van der Waals surface area contributed by atoms with Crippen molar-refractivity contribution in [2.75, 3.05) is 13.1 Å². The Kier molecular flexibility index (Phi) is 4.22. The summed E-state index contributed by atoms with van der Waals surface area (Å²) >= 11 is 0. The smallest absolute Gasteiger partial charge is 0.314 e. The van der Waals surface area contributed by atoms with Gasteiger partial charge in [0.15, 0.2) is 0 Å². The van der Waals surface area contributed by atoms with E-state index in [2.05, 4.69) is 0 Å². The van der Waals surface area contributed by atoms with E-state index in [0.717, 1.165) is 19.4 Å². The second-order valence-electron chi connectivity index (χ2n) is 2.69. The largest absolute Gasteiger partial charge is 0.351 e. The van der Waals surface area contributed by atoms with Crippen molar-refractivity contribution in [1.29, 1.82) is 0 Å². The first-order valence-corrected chi connectivity index (χ1v) is 3.50. The highest BCUT2D eigenvalue weighted by atomic mass is 35.5. The second-order valence-corrected chi connectivity index (χ2v) is 2.69. The van der Waals surface area contributed by atoms with E-state index in [1.165, 1.54) is 0 Å². The highest BCUT2D eigenvalue weighted by molar-refractivity contribution is 5.85. The van der Waals surface area contributed by atoms with Crippen molar-refractivity contribution in [2.45, 2.75) is 18.9 Å². The Morgan fingerprint density at radius 3 is 2.55 bits per heavy atom. The van der Waals surface area contributed by atoms with Gasteiger partial charge in [-0.3, -0.25) is 0 Å². The Labute approximate surface area is 72.3 Å². The molecule has 1 fully saturated rings. The maximum absolute atomic E-state index is 10.6. The molecule has 0 bridgehead atoms. The van der Waals surface area contributed by atoms with E-state index in [1.807, 2.05) is 0 Å². The molecule has 1 aliphatic rings. The van der Waals surface area contributed by atoms with Gasteiger partial charge in [0.05, 0.1) is 0 Å². The number of piperidine rings is 1. The van der Waals surface area contributed by atoms with Crippen molar-refractivity contribution < 1.29 is 4.79 Å². The normalized spacial score (nSPS) is 24.1. The van der Waals surface area contributed by atoms with Gasteiger partial charge in [-0.15, -0.1) is 12.4 Å². The van der Waals surface area contributed by atoms with Crippen LogP contribution in [0.3, 0.4) is 0 Å². The van der Waals surface area contributed by atoms with Crippen LogP contribution < -0.4 is 11.5 Å². The fourth-order valence-corrected chi connectivity index (χ4v) is 1.21. The standard InChI is InChI=1S/C6H13N3O.ClH/c7-5-2-1-3-9(4-5)6(8)10;/h5H,1-4,7H2,(H2,8,10);1H/t5-;/m1./s1. The van der Waals surface area contributed by atoms with E-state index in [0.29, 0.717) is 6.54 Å². The van der Waals surface area contributed by atoms with E-state index in [-0.39, 0.29) is 24.5 Å². The number of hydrogen-bond donors (Lipinski definition) is 2. The van der Waals surface area contributed by atoms with Crippen molar-refractivity contribution in [1.82, 2.24) is 4.90 Å². The first-order chi connectivity index (χ1) is 4.70. The number of primary amides is 1. The third-order valence-electron chi connectivity index (χ3n) is 1.77. The minimum Gasteiger partial charge on any atom is -0.351 e. The predicted octanol–water partition coefficient (Wildman–Crippen LogP) is -0.0900. The summed E-state index contributed by atoms with van der Waals surface area (Å²) in [5.74, 6) is 0. The summed E-state index contributed by atoms with van der Waals surface area (Å²) < 4.78 is 0. The fourth-order valence-electron chi connectivity index (χ4n) is 1.21. The number of carbonyl (C=O) groups excluding carboxylic acids is 1. The third kappa shape index (κ3) is 2.95. The van der Waals surface area contributed by atoms with Crippen LogP contribution in [-0.4, -0.2) is 30.1 Å². The Morgan fingerprint density at radius 1 is 1.55 bits per heavy atom. The van der Waals surface area contributed by atoms with Crippen molar-refractivity contribution in [3.63, 3.8) is 0 Å². The van der Waals surface area contributed by atoms with Gasteiger partial charge in [-0.1, -0.05) is 0 Å². The Bertz CT molecular complexity index is 142. The summed E-state index contributed by atoms with van der Waals surface area (Å²) in [6.45, 7) is 1.39. The fraction of sp³-hybridized carbons (Fsp3) is 0.833. The molecule has 1 rings (SSSR count). The summed E-state index contributed by atoms with van der Waals surface area (Å²) in [5.41, 5.74) is 10.7. The number of urea groups is 1. The van der Waals surface area contributed by atoms with E-state index < -0.39 is 0 Å². The molecule has 0 aromatic rings. The number of nitrogens with two attached hydrogens (primary N) is 2. The maximum atomic E-state index is 10.6. The van der Waals surface area contributed by atoms with E-state index in [1.54, 1.807) is 4.90 Å². The third-order valence-corrected chi connectivity index (χ3v) is 1.77. The van der Waals surface area contributed by atoms with Crippen molar-refractivity contribution in [3.05, 3.63) is 0 Å². The molecule has 0 radical (unpaired) electrons. The highest BCUT2D eigenvalue weighted by Crippen LogP contribution is 2.06. The van der Waals surface area contributed by atoms with Gasteiger partial charge in [0.2, 0.25) is 0 Å². The van der Waals surface area contributed by atoms with E-state index >= 15 is 0 Å². The summed E-state index contributed by atoms with van der Waals surface area (Å²) in [5, 5.41) is 0. The zero-order valence-corrected chi connectivity index (χ0v) is 7.14. The molecule has 2 amide bonds. The average molecular weight is 180 g/mol. The molecule has 1 heterocycles. The minimum atomic E-state index is -0.352. The molecule has 0 unspecified atom stereocenters. The molecule has 4 nitrogen and oxygen atoms in total. The average Bonchev–Trinajstić information content (AvgIpc) is 1.88. The number of halogens is 1. The van der Waals surface area contributed by atoms with Gasteiger partial charge in [-0.2, -0.15) is 0 Å². The van der Waals surface area contributed by atoms with Crippen LogP contribution in [0.15, 0.2) is 0 Å². The minimum absolute atomic E-state index is 0. The van der Waals surface area contributed by atoms with Crippen molar-refractivity contribution in [3.8, 4) is 0 Å². The molecule has 5 heteroatoms. The number of rotatable bonds is 0. The summed E-state index contributed by atoms with van der Waals surface area (Å²) in [7, 11) is 0. The molecular formula is C6H14ClN3O. The molecule has 0 aliphatic carbocycles. The lowest BCUT2D eigenvalue weighted by Crippen LogP contribution is -2.47. The van der Waals surface area contributed by atoms with Crippen molar-refractivity contribution >= 4 is 18.4 Å². The van der Waals surface area contributed by atoms with Gasteiger partial charge in [0, 0.05) is 19.1 Å². The predicted molar refractivity (Wildman–Crippen MR) is 45.6 cm³/mol. The number of hydrogen-bond acceptors (Lipinski definition) is 2. The summed E-state index contributed by atoms with van der Waals surface area (Å²) in [6.07, 6.45) is 1.98. The number of nitrogens with zero attached hydrogens (tertiary/aromatic N) is 1. The molecule has 1 atom stereocenters. The van der Waals surface area contributed by atoms with Crippen LogP contribution in [0.25, 0.3) is 0 Å². The molecule has 0 saturated carbocycles. The number of likely N-dealkylation sites (tertiary alicyclic amines) is 1. The Morgan fingerprint density at radius 2 is 2.18 bits per heavy atom. The second kappa shape index (κ2) is 4.41. The molecule has 0 spiro atoms. The quantitative estimate of drug-likeness (QED) is 0.546. The molecule has 11 heavy (non-hydrogen) atoms. The Hall–Kier alpha value is -0.480. The van der Waals surface area contributed by atoms with Crippen LogP contribution in [0.5, 0.6) is 0 Å². The van der Waals surface area contributed by atoms with Crippen LogP contribution in [0.2, 0.25) is 0 Å². The van der Waals surface area contributed by atoms with Gasteiger partial charge >= 0.3 is 6.03 Å². The van der Waals surface area contributed by atoms with Crippen LogP contribution in [0, 0.1) is 0 Å². The topological polar surface area (TPSA) is 72.4 Å². The SMILES string of the molecule is Cl.NC(=O)N1CCC[C@@H](N)C1. The lowest BCUT2D eigenvalue weighted by Gasteiger charge is -2.28. The van der Waals surface area contributed by atoms with Crippen molar-refractivity contribution in [2.24, 2.45) is 11.5 Å². The lowest BCUT2D eigenvalue weighted by atomic mass is 10.1.